The van der Waals surface area contributed by atoms with Crippen LogP contribution in [0.25, 0.3) is 0 Å². The summed E-state index contributed by atoms with van der Waals surface area (Å²) in [7, 11) is 0. The predicted octanol–water partition coefficient (Wildman–Crippen LogP) is 3.55. The highest BCUT2D eigenvalue weighted by molar-refractivity contribution is 9.10. The Balaban J connectivity index is 2.48. The Labute approximate surface area is 129 Å². The van der Waals surface area contributed by atoms with E-state index < -0.39 is 0 Å². The van der Waals surface area contributed by atoms with Crippen LogP contribution in [0.1, 0.15) is 50.3 Å². The minimum absolute atomic E-state index is 0.0112. The molecule has 2 N–H and O–H groups in total. The van der Waals surface area contributed by atoms with Crippen LogP contribution in [-0.2, 0) is 4.79 Å². The van der Waals surface area contributed by atoms with Crippen molar-refractivity contribution in [3.05, 3.63) is 33.8 Å². The molecule has 3 nitrogen and oxygen atoms in total. The van der Waals surface area contributed by atoms with Crippen LogP contribution in [0, 0.1) is 6.92 Å². The van der Waals surface area contributed by atoms with Gasteiger partial charge in [-0.2, -0.15) is 0 Å². The lowest BCUT2D eigenvalue weighted by Crippen LogP contribution is -2.45. The number of carbonyl (C=O) groups excluding carboxylic acids is 1. The molecule has 0 aromatic heterocycles. The van der Waals surface area contributed by atoms with Crippen molar-refractivity contribution in [2.75, 3.05) is 0 Å². The van der Waals surface area contributed by atoms with Crippen molar-refractivity contribution in [2.24, 2.45) is 5.73 Å². The number of rotatable bonds is 2. The van der Waals surface area contributed by atoms with Gasteiger partial charge < -0.3 is 10.6 Å². The van der Waals surface area contributed by atoms with Crippen molar-refractivity contribution >= 4 is 21.8 Å². The second-order valence-corrected chi connectivity index (χ2v) is 6.77. The van der Waals surface area contributed by atoms with Gasteiger partial charge in [0.25, 0.3) is 0 Å². The minimum atomic E-state index is -0.0417. The van der Waals surface area contributed by atoms with Crippen molar-refractivity contribution in [3.8, 4) is 0 Å². The second-order valence-electron chi connectivity index (χ2n) is 5.92. The molecule has 0 spiro atoms. The van der Waals surface area contributed by atoms with E-state index in [1.807, 2.05) is 4.90 Å². The fourth-order valence-corrected chi connectivity index (χ4v) is 3.73. The Kier molecular flexibility index (Phi) is 4.86. The molecule has 0 bridgehead atoms. The standard InChI is InChI=1S/C16H23BrN2O/c1-10(2)19-15(20)6-4-5-14(18)16(19)12-8-7-11(3)9-13(12)17/h7-10,14,16H,4-6,18H2,1-3H3. The maximum atomic E-state index is 12.4. The average Bonchev–Trinajstić information content (AvgIpc) is 2.49. The Morgan fingerprint density at radius 3 is 2.70 bits per heavy atom. The van der Waals surface area contributed by atoms with Crippen LogP contribution in [0.5, 0.6) is 0 Å². The van der Waals surface area contributed by atoms with E-state index >= 15 is 0 Å². The molecular formula is C16H23BrN2O. The number of benzene rings is 1. The maximum absolute atomic E-state index is 12.4. The molecule has 0 radical (unpaired) electrons. The molecule has 1 amide bonds. The van der Waals surface area contributed by atoms with Crippen molar-refractivity contribution in [1.82, 2.24) is 4.90 Å². The van der Waals surface area contributed by atoms with Crippen LogP contribution in [0.3, 0.4) is 0 Å². The first-order chi connectivity index (χ1) is 9.41. The lowest BCUT2D eigenvalue weighted by molar-refractivity contribution is -0.135. The number of likely N-dealkylation sites (tertiary alicyclic amines) is 1. The molecule has 0 saturated carbocycles. The van der Waals surface area contributed by atoms with Crippen LogP contribution in [0.4, 0.5) is 0 Å². The Morgan fingerprint density at radius 1 is 1.40 bits per heavy atom. The van der Waals surface area contributed by atoms with Crippen molar-refractivity contribution in [2.45, 2.75) is 58.2 Å². The molecule has 2 atom stereocenters. The van der Waals surface area contributed by atoms with E-state index in [9.17, 15) is 4.79 Å². The van der Waals surface area contributed by atoms with Gasteiger partial charge in [-0.05, 0) is 50.8 Å². The summed E-state index contributed by atoms with van der Waals surface area (Å²) >= 11 is 3.64. The smallest absolute Gasteiger partial charge is 0.223 e. The van der Waals surface area contributed by atoms with Crippen molar-refractivity contribution in [1.29, 1.82) is 0 Å². The van der Waals surface area contributed by atoms with Crippen LogP contribution >= 0.6 is 15.9 Å². The summed E-state index contributed by atoms with van der Waals surface area (Å²) in [6.45, 7) is 6.18. The zero-order valence-corrected chi connectivity index (χ0v) is 14.0. The fraction of sp³-hybridized carbons (Fsp3) is 0.562. The van der Waals surface area contributed by atoms with Gasteiger partial charge in [0, 0.05) is 23.0 Å². The quantitative estimate of drug-likeness (QED) is 0.896. The third-order valence-corrected chi connectivity index (χ3v) is 4.64. The lowest BCUT2D eigenvalue weighted by Gasteiger charge is -2.37. The zero-order valence-electron chi connectivity index (χ0n) is 12.4. The van der Waals surface area contributed by atoms with Gasteiger partial charge in [0.2, 0.25) is 5.91 Å². The van der Waals surface area contributed by atoms with Gasteiger partial charge in [0.15, 0.2) is 0 Å². The van der Waals surface area contributed by atoms with Gasteiger partial charge >= 0.3 is 0 Å². The van der Waals surface area contributed by atoms with E-state index in [1.54, 1.807) is 0 Å². The Hall–Kier alpha value is -0.870. The molecule has 1 fully saturated rings. The van der Waals surface area contributed by atoms with Crippen molar-refractivity contribution in [3.63, 3.8) is 0 Å². The van der Waals surface area contributed by atoms with Gasteiger partial charge in [0.05, 0.1) is 6.04 Å². The van der Waals surface area contributed by atoms with E-state index in [0.717, 1.165) is 22.9 Å². The molecule has 1 saturated heterocycles. The first kappa shape index (κ1) is 15.5. The van der Waals surface area contributed by atoms with Gasteiger partial charge in [-0.1, -0.05) is 28.1 Å². The maximum Gasteiger partial charge on any atom is 0.223 e. The molecular weight excluding hydrogens is 316 g/mol. The molecule has 1 aromatic carbocycles. The summed E-state index contributed by atoms with van der Waals surface area (Å²) < 4.78 is 1.04. The number of hydrogen-bond acceptors (Lipinski definition) is 2. The molecule has 1 heterocycles. The van der Waals surface area contributed by atoms with Gasteiger partial charge in [-0.15, -0.1) is 0 Å². The fourth-order valence-electron chi connectivity index (χ4n) is 3.00. The Morgan fingerprint density at radius 2 is 2.10 bits per heavy atom. The summed E-state index contributed by atoms with van der Waals surface area (Å²) in [5, 5.41) is 0. The highest BCUT2D eigenvalue weighted by Gasteiger charge is 2.35. The zero-order chi connectivity index (χ0) is 14.9. The molecule has 1 aromatic rings. The Bertz CT molecular complexity index is 501. The monoisotopic (exact) mass is 338 g/mol. The first-order valence-corrected chi connectivity index (χ1v) is 8.04. The minimum Gasteiger partial charge on any atom is -0.332 e. The highest BCUT2D eigenvalue weighted by atomic mass is 79.9. The van der Waals surface area contributed by atoms with Crippen LogP contribution in [0.2, 0.25) is 0 Å². The molecule has 0 aliphatic carbocycles. The first-order valence-electron chi connectivity index (χ1n) is 7.24. The van der Waals surface area contributed by atoms with Crippen LogP contribution in [0.15, 0.2) is 22.7 Å². The van der Waals surface area contributed by atoms with E-state index in [-0.39, 0.29) is 24.0 Å². The summed E-state index contributed by atoms with van der Waals surface area (Å²) in [5.41, 5.74) is 8.71. The van der Waals surface area contributed by atoms with E-state index in [4.69, 9.17) is 5.73 Å². The summed E-state index contributed by atoms with van der Waals surface area (Å²) in [6, 6.07) is 6.38. The number of amides is 1. The predicted molar refractivity (Wildman–Crippen MR) is 85.4 cm³/mol. The lowest BCUT2D eigenvalue weighted by atomic mass is 9.95. The summed E-state index contributed by atoms with van der Waals surface area (Å²) in [4.78, 5) is 14.4. The van der Waals surface area contributed by atoms with Gasteiger partial charge in [-0.3, -0.25) is 4.79 Å². The molecule has 4 heteroatoms. The highest BCUT2D eigenvalue weighted by Crippen LogP contribution is 2.35. The van der Waals surface area contributed by atoms with E-state index in [0.29, 0.717) is 6.42 Å². The third kappa shape index (κ3) is 3.07. The summed E-state index contributed by atoms with van der Waals surface area (Å²) in [6.07, 6.45) is 2.37. The molecule has 1 aliphatic rings. The van der Waals surface area contributed by atoms with Crippen LogP contribution in [-0.4, -0.2) is 22.9 Å². The largest absolute Gasteiger partial charge is 0.332 e. The number of halogens is 1. The number of nitrogens with two attached hydrogens (primary N) is 1. The summed E-state index contributed by atoms with van der Waals surface area (Å²) in [5.74, 6) is 0.213. The van der Waals surface area contributed by atoms with Gasteiger partial charge in [-0.25, -0.2) is 0 Å². The number of aryl methyl sites for hydroxylation is 1. The normalized spacial score (nSPS) is 24.1. The van der Waals surface area contributed by atoms with E-state index in [2.05, 4.69) is 54.9 Å². The topological polar surface area (TPSA) is 46.3 Å². The number of nitrogens with zero attached hydrogens (tertiary/aromatic N) is 1. The SMILES string of the molecule is Cc1ccc(C2C(N)CCCC(=O)N2C(C)C)c(Br)c1. The third-order valence-electron chi connectivity index (χ3n) is 3.95. The molecule has 2 unspecified atom stereocenters. The molecule has 20 heavy (non-hydrogen) atoms. The van der Waals surface area contributed by atoms with E-state index in [1.165, 1.54) is 5.56 Å². The molecule has 2 rings (SSSR count). The van der Waals surface area contributed by atoms with Crippen LogP contribution < -0.4 is 5.73 Å². The number of carbonyl (C=O) groups is 1. The second kappa shape index (κ2) is 6.27. The molecule has 1 aliphatic heterocycles. The molecule has 110 valence electrons. The number of hydrogen-bond donors (Lipinski definition) is 1. The van der Waals surface area contributed by atoms with Gasteiger partial charge in [0.1, 0.15) is 0 Å². The van der Waals surface area contributed by atoms with Crippen molar-refractivity contribution < 1.29 is 4.79 Å². The average molecular weight is 339 g/mol.